The van der Waals surface area contributed by atoms with Crippen molar-refractivity contribution >= 4 is 12.0 Å². The molecule has 0 heterocycles. The van der Waals surface area contributed by atoms with Gasteiger partial charge in [0, 0.05) is 12.1 Å². The molecule has 2 rings (SSSR count). The van der Waals surface area contributed by atoms with E-state index in [9.17, 15) is 9.59 Å². The van der Waals surface area contributed by atoms with Crippen LogP contribution in [0.5, 0.6) is 0 Å². The molecule has 2 aliphatic carbocycles. The number of carboxylic acids is 1. The molecule has 3 N–H and O–H groups in total. The maximum absolute atomic E-state index is 11.9. The molecule has 0 unspecified atom stereocenters. The number of amides is 2. The largest absolute Gasteiger partial charge is 0.480 e. The van der Waals surface area contributed by atoms with Crippen LogP contribution in [0.3, 0.4) is 0 Å². The Bertz CT molecular complexity index is 373. The highest BCUT2D eigenvalue weighted by atomic mass is 16.4. The Morgan fingerprint density at radius 2 is 1.74 bits per heavy atom. The van der Waals surface area contributed by atoms with Crippen molar-refractivity contribution in [2.45, 2.75) is 49.6 Å². The Hall–Kier alpha value is -1.30. The molecule has 0 spiro atoms. The van der Waals surface area contributed by atoms with Gasteiger partial charge in [-0.1, -0.05) is 0 Å². The zero-order valence-corrected chi connectivity index (χ0v) is 11.7. The smallest absolute Gasteiger partial charge is 0.329 e. The topological polar surface area (TPSA) is 81.7 Å². The van der Waals surface area contributed by atoms with E-state index in [-0.39, 0.29) is 11.6 Å². The second kappa shape index (κ2) is 5.00. The van der Waals surface area contributed by atoms with Crippen molar-refractivity contribution in [3.8, 4) is 0 Å². The maximum atomic E-state index is 11.9. The van der Waals surface area contributed by atoms with E-state index < -0.39 is 11.5 Å². The predicted molar refractivity (Wildman–Crippen MR) is 71.0 cm³/mol. The Kier molecular flexibility index (Phi) is 3.71. The quantitative estimate of drug-likeness (QED) is 0.689. The molecule has 2 aliphatic rings. The summed E-state index contributed by atoms with van der Waals surface area (Å²) in [5, 5.41) is 14.6. The molecule has 2 fully saturated rings. The van der Waals surface area contributed by atoms with Gasteiger partial charge in [0.1, 0.15) is 5.54 Å². The highest BCUT2D eigenvalue weighted by molar-refractivity contribution is 5.87. The number of nitrogens with one attached hydrogen (secondary N) is 2. The third-order valence-corrected chi connectivity index (χ3v) is 4.78. The molecule has 0 radical (unpaired) electrons. The van der Waals surface area contributed by atoms with Crippen molar-refractivity contribution < 1.29 is 14.7 Å². The summed E-state index contributed by atoms with van der Waals surface area (Å²) in [6.45, 7) is 0.571. The molecule has 0 saturated heterocycles. The standard InChI is InChI=1S/C13H23N3O3/c1-16(2)12(5-3-6-12)9-14-11(19)15-13(10(17)18)7-4-8-13/h3-9H2,1-2H3,(H,17,18)(H2,14,15,19). The molecule has 19 heavy (non-hydrogen) atoms. The number of nitrogens with zero attached hydrogens (tertiary/aromatic N) is 1. The number of aliphatic carboxylic acids is 1. The van der Waals surface area contributed by atoms with Crippen molar-refractivity contribution in [3.05, 3.63) is 0 Å². The van der Waals surface area contributed by atoms with Gasteiger partial charge in [0.25, 0.3) is 0 Å². The van der Waals surface area contributed by atoms with Crippen LogP contribution in [-0.4, -0.2) is 53.7 Å². The second-order valence-corrected chi connectivity index (χ2v) is 6.02. The van der Waals surface area contributed by atoms with Gasteiger partial charge in [-0.05, 0) is 52.6 Å². The zero-order valence-electron chi connectivity index (χ0n) is 11.7. The van der Waals surface area contributed by atoms with Crippen LogP contribution in [-0.2, 0) is 4.79 Å². The summed E-state index contributed by atoms with van der Waals surface area (Å²) in [4.78, 5) is 25.2. The van der Waals surface area contributed by atoms with E-state index in [1.807, 2.05) is 14.1 Å². The van der Waals surface area contributed by atoms with Crippen LogP contribution < -0.4 is 10.6 Å². The van der Waals surface area contributed by atoms with E-state index in [4.69, 9.17) is 5.11 Å². The van der Waals surface area contributed by atoms with Crippen molar-refractivity contribution in [3.63, 3.8) is 0 Å². The van der Waals surface area contributed by atoms with E-state index in [2.05, 4.69) is 15.5 Å². The first-order valence-electron chi connectivity index (χ1n) is 6.87. The average Bonchev–Trinajstić information content (AvgIpc) is 2.20. The van der Waals surface area contributed by atoms with E-state index >= 15 is 0 Å². The normalized spacial score (nSPS) is 23.1. The molecular weight excluding hydrogens is 246 g/mol. The van der Waals surface area contributed by atoms with Crippen molar-refractivity contribution in [1.82, 2.24) is 15.5 Å². The zero-order chi connectivity index (χ0) is 14.1. The lowest BCUT2D eigenvalue weighted by Crippen LogP contribution is -2.63. The Morgan fingerprint density at radius 3 is 2.05 bits per heavy atom. The Labute approximate surface area is 113 Å². The summed E-state index contributed by atoms with van der Waals surface area (Å²) >= 11 is 0. The van der Waals surface area contributed by atoms with Gasteiger partial charge in [0.05, 0.1) is 0 Å². The lowest BCUT2D eigenvalue weighted by molar-refractivity contribution is -0.148. The van der Waals surface area contributed by atoms with Gasteiger partial charge in [-0.25, -0.2) is 9.59 Å². The number of hydrogen-bond acceptors (Lipinski definition) is 3. The Morgan fingerprint density at radius 1 is 1.16 bits per heavy atom. The molecule has 0 aliphatic heterocycles. The number of urea groups is 1. The molecular formula is C13H23N3O3. The van der Waals surface area contributed by atoms with Crippen LogP contribution in [0.15, 0.2) is 0 Å². The molecule has 108 valence electrons. The summed E-state index contributed by atoms with van der Waals surface area (Å²) in [5.41, 5.74) is -0.984. The van der Waals surface area contributed by atoms with E-state index in [0.717, 1.165) is 19.3 Å². The summed E-state index contributed by atoms with van der Waals surface area (Å²) < 4.78 is 0. The fourth-order valence-electron chi connectivity index (χ4n) is 2.80. The van der Waals surface area contributed by atoms with Crippen molar-refractivity contribution in [2.75, 3.05) is 20.6 Å². The number of carbonyl (C=O) groups is 2. The SMILES string of the molecule is CN(C)C1(CNC(=O)NC2(C(=O)O)CCC2)CCC1. The molecule has 0 bridgehead atoms. The van der Waals surface area contributed by atoms with E-state index in [1.165, 1.54) is 6.42 Å². The highest BCUT2D eigenvalue weighted by Gasteiger charge is 2.46. The van der Waals surface area contributed by atoms with Gasteiger partial charge >= 0.3 is 12.0 Å². The van der Waals surface area contributed by atoms with Crippen LogP contribution in [0.2, 0.25) is 0 Å². The number of likely N-dealkylation sites (N-methyl/N-ethyl adjacent to an activating group) is 1. The monoisotopic (exact) mass is 269 g/mol. The van der Waals surface area contributed by atoms with Gasteiger partial charge in [0.2, 0.25) is 0 Å². The van der Waals surface area contributed by atoms with Gasteiger partial charge in [-0.3, -0.25) is 0 Å². The number of rotatable bonds is 5. The van der Waals surface area contributed by atoms with Gasteiger partial charge in [-0.2, -0.15) is 0 Å². The number of hydrogen-bond donors (Lipinski definition) is 3. The van der Waals surface area contributed by atoms with Crippen LogP contribution in [0.4, 0.5) is 4.79 Å². The molecule has 0 aromatic heterocycles. The van der Waals surface area contributed by atoms with Crippen molar-refractivity contribution in [2.24, 2.45) is 0 Å². The lowest BCUT2D eigenvalue weighted by atomic mass is 9.75. The summed E-state index contributed by atoms with van der Waals surface area (Å²) in [6, 6.07) is -0.366. The maximum Gasteiger partial charge on any atom is 0.329 e. The number of carboxylic acid groups (broad SMARTS) is 1. The first-order valence-corrected chi connectivity index (χ1v) is 6.87. The molecule has 0 aromatic carbocycles. The number of carbonyl (C=O) groups excluding carboxylic acids is 1. The fourth-order valence-corrected chi connectivity index (χ4v) is 2.80. The molecule has 6 nitrogen and oxygen atoms in total. The molecule has 2 amide bonds. The Balaban J connectivity index is 1.83. The third kappa shape index (κ3) is 2.54. The van der Waals surface area contributed by atoms with Gasteiger partial charge in [-0.15, -0.1) is 0 Å². The van der Waals surface area contributed by atoms with E-state index in [1.54, 1.807) is 0 Å². The molecule has 2 saturated carbocycles. The fraction of sp³-hybridized carbons (Fsp3) is 0.846. The highest BCUT2D eigenvalue weighted by Crippen LogP contribution is 2.35. The van der Waals surface area contributed by atoms with Gasteiger partial charge < -0.3 is 20.6 Å². The summed E-state index contributed by atoms with van der Waals surface area (Å²) in [7, 11) is 4.03. The van der Waals surface area contributed by atoms with Crippen molar-refractivity contribution in [1.29, 1.82) is 0 Å². The molecule has 0 atom stereocenters. The van der Waals surface area contributed by atoms with E-state index in [0.29, 0.717) is 19.4 Å². The minimum absolute atomic E-state index is 0.0489. The minimum atomic E-state index is -1.03. The van der Waals surface area contributed by atoms with Crippen LogP contribution in [0.25, 0.3) is 0 Å². The van der Waals surface area contributed by atoms with Crippen LogP contribution in [0, 0.1) is 0 Å². The molecule has 6 heteroatoms. The van der Waals surface area contributed by atoms with Gasteiger partial charge in [0.15, 0.2) is 0 Å². The minimum Gasteiger partial charge on any atom is -0.480 e. The second-order valence-electron chi connectivity index (χ2n) is 6.02. The first-order chi connectivity index (χ1) is 8.90. The summed E-state index contributed by atoms with van der Waals surface area (Å²) in [5.74, 6) is -0.931. The third-order valence-electron chi connectivity index (χ3n) is 4.78. The van der Waals surface area contributed by atoms with Crippen LogP contribution >= 0.6 is 0 Å². The first kappa shape index (κ1) is 14.1. The average molecular weight is 269 g/mol. The summed E-state index contributed by atoms with van der Waals surface area (Å²) in [6.07, 6.45) is 5.23. The van der Waals surface area contributed by atoms with Crippen LogP contribution in [0.1, 0.15) is 38.5 Å². The predicted octanol–water partition coefficient (Wildman–Crippen LogP) is 0.777. The lowest BCUT2D eigenvalue weighted by Gasteiger charge is -2.47. The molecule has 0 aromatic rings.